The number of anilines is 1. The number of amides is 2. The van der Waals surface area contributed by atoms with E-state index in [4.69, 9.17) is 4.74 Å². The molecule has 1 fully saturated rings. The van der Waals surface area contributed by atoms with Gasteiger partial charge in [-0.25, -0.2) is 0 Å². The molecule has 0 saturated carbocycles. The highest BCUT2D eigenvalue weighted by atomic mass is 79.9. The molecule has 0 aromatic heterocycles. The number of morpholine rings is 1. The Morgan fingerprint density at radius 2 is 1.72 bits per heavy atom. The Labute approximate surface area is 155 Å². The molecule has 0 spiro atoms. The number of rotatable bonds is 4. The number of halogens is 1. The van der Waals surface area contributed by atoms with Crippen LogP contribution in [0.3, 0.4) is 0 Å². The topological polar surface area (TPSA) is 58.6 Å². The number of nitrogens with one attached hydrogen (secondary N) is 1. The van der Waals surface area contributed by atoms with E-state index in [0.29, 0.717) is 44.0 Å². The highest BCUT2D eigenvalue weighted by molar-refractivity contribution is 9.10. The summed E-state index contributed by atoms with van der Waals surface area (Å²) < 4.78 is 6.01. The molecule has 1 heterocycles. The summed E-state index contributed by atoms with van der Waals surface area (Å²) in [4.78, 5) is 26.4. The van der Waals surface area contributed by atoms with Crippen molar-refractivity contribution < 1.29 is 14.3 Å². The first kappa shape index (κ1) is 17.6. The molecule has 25 heavy (non-hydrogen) atoms. The average Bonchev–Trinajstić information content (AvgIpc) is 2.64. The maximum absolute atomic E-state index is 12.3. The predicted molar refractivity (Wildman–Crippen MR) is 99.6 cm³/mol. The summed E-state index contributed by atoms with van der Waals surface area (Å²) in [6.07, 6.45) is 0.360. The lowest BCUT2D eigenvalue weighted by atomic mass is 10.1. The van der Waals surface area contributed by atoms with E-state index in [-0.39, 0.29) is 11.8 Å². The zero-order valence-corrected chi connectivity index (χ0v) is 15.3. The quantitative estimate of drug-likeness (QED) is 0.854. The standard InChI is InChI=1S/C19H19BrN2O3/c20-17-4-2-1-3-16(17)19(24)21-15-7-5-14(6-8-15)13-18(23)22-9-11-25-12-10-22/h1-8H,9-13H2,(H,21,24). The Morgan fingerprint density at radius 3 is 2.40 bits per heavy atom. The number of carbonyl (C=O) groups excluding carboxylic acids is 2. The summed E-state index contributed by atoms with van der Waals surface area (Å²) in [6, 6.07) is 14.6. The van der Waals surface area contributed by atoms with Gasteiger partial charge in [-0.15, -0.1) is 0 Å². The van der Waals surface area contributed by atoms with E-state index in [1.807, 2.05) is 47.4 Å². The predicted octanol–water partition coefficient (Wildman–Crippen LogP) is 3.10. The number of hydrogen-bond acceptors (Lipinski definition) is 3. The molecule has 1 N–H and O–H groups in total. The van der Waals surface area contributed by atoms with E-state index in [1.54, 1.807) is 6.07 Å². The minimum absolute atomic E-state index is 0.105. The van der Waals surface area contributed by atoms with Crippen LogP contribution in [0.1, 0.15) is 15.9 Å². The molecule has 0 bridgehead atoms. The van der Waals surface area contributed by atoms with Crippen molar-refractivity contribution in [2.45, 2.75) is 6.42 Å². The molecule has 2 amide bonds. The van der Waals surface area contributed by atoms with E-state index in [9.17, 15) is 9.59 Å². The van der Waals surface area contributed by atoms with Crippen LogP contribution in [0.5, 0.6) is 0 Å². The van der Waals surface area contributed by atoms with Crippen molar-refractivity contribution in [3.63, 3.8) is 0 Å². The molecule has 3 rings (SSSR count). The second kappa shape index (κ2) is 8.27. The average molecular weight is 403 g/mol. The first-order valence-electron chi connectivity index (χ1n) is 8.14. The van der Waals surface area contributed by atoms with Gasteiger partial charge in [0.2, 0.25) is 5.91 Å². The molecular weight excluding hydrogens is 384 g/mol. The summed E-state index contributed by atoms with van der Waals surface area (Å²) in [6.45, 7) is 2.51. The van der Waals surface area contributed by atoms with Crippen LogP contribution in [-0.4, -0.2) is 43.0 Å². The van der Waals surface area contributed by atoms with Gasteiger partial charge in [-0.2, -0.15) is 0 Å². The van der Waals surface area contributed by atoms with Gasteiger partial charge in [0.1, 0.15) is 0 Å². The Hall–Kier alpha value is -2.18. The third-order valence-electron chi connectivity index (χ3n) is 4.05. The lowest BCUT2D eigenvalue weighted by Gasteiger charge is -2.26. The van der Waals surface area contributed by atoms with E-state index in [0.717, 1.165) is 10.0 Å². The maximum atomic E-state index is 12.3. The molecule has 1 aliphatic heterocycles. The fraction of sp³-hybridized carbons (Fsp3) is 0.263. The van der Waals surface area contributed by atoms with Gasteiger partial charge in [-0.1, -0.05) is 24.3 Å². The monoisotopic (exact) mass is 402 g/mol. The lowest BCUT2D eigenvalue weighted by molar-refractivity contribution is -0.134. The Bertz CT molecular complexity index is 756. The summed E-state index contributed by atoms with van der Waals surface area (Å²) in [5, 5.41) is 2.86. The van der Waals surface area contributed by atoms with Crippen LogP contribution in [0, 0.1) is 0 Å². The zero-order chi connectivity index (χ0) is 17.6. The smallest absolute Gasteiger partial charge is 0.256 e. The van der Waals surface area contributed by atoms with Crippen molar-refractivity contribution >= 4 is 33.4 Å². The van der Waals surface area contributed by atoms with Crippen LogP contribution in [0.25, 0.3) is 0 Å². The number of benzene rings is 2. The van der Waals surface area contributed by atoms with Crippen molar-refractivity contribution in [2.75, 3.05) is 31.6 Å². The highest BCUT2D eigenvalue weighted by Gasteiger charge is 2.17. The molecule has 0 radical (unpaired) electrons. The molecule has 0 aliphatic carbocycles. The van der Waals surface area contributed by atoms with E-state index in [1.165, 1.54) is 0 Å². The van der Waals surface area contributed by atoms with Crippen LogP contribution >= 0.6 is 15.9 Å². The molecular formula is C19H19BrN2O3. The van der Waals surface area contributed by atoms with Crippen LogP contribution in [0.4, 0.5) is 5.69 Å². The molecule has 1 aliphatic rings. The second-order valence-electron chi connectivity index (χ2n) is 5.80. The van der Waals surface area contributed by atoms with Gasteiger partial charge in [0.15, 0.2) is 0 Å². The number of ether oxygens (including phenoxy) is 1. The van der Waals surface area contributed by atoms with Crippen LogP contribution in [-0.2, 0) is 16.0 Å². The van der Waals surface area contributed by atoms with Gasteiger partial charge in [0, 0.05) is 23.2 Å². The summed E-state index contributed by atoms with van der Waals surface area (Å²) in [7, 11) is 0. The van der Waals surface area contributed by atoms with Crippen LogP contribution < -0.4 is 5.32 Å². The van der Waals surface area contributed by atoms with Crippen LogP contribution in [0.15, 0.2) is 53.0 Å². The van der Waals surface area contributed by atoms with Gasteiger partial charge in [-0.3, -0.25) is 9.59 Å². The van der Waals surface area contributed by atoms with Crippen molar-refractivity contribution in [1.82, 2.24) is 4.90 Å². The van der Waals surface area contributed by atoms with Gasteiger partial charge in [-0.05, 0) is 45.8 Å². The van der Waals surface area contributed by atoms with Crippen LogP contribution in [0.2, 0.25) is 0 Å². The minimum atomic E-state index is -0.176. The lowest BCUT2D eigenvalue weighted by Crippen LogP contribution is -2.41. The third-order valence-corrected chi connectivity index (χ3v) is 4.74. The number of nitrogens with zero attached hydrogens (tertiary/aromatic N) is 1. The van der Waals surface area contributed by atoms with Crippen molar-refractivity contribution in [3.8, 4) is 0 Å². The number of carbonyl (C=O) groups is 2. The molecule has 1 saturated heterocycles. The van der Waals surface area contributed by atoms with Gasteiger partial charge in [0.25, 0.3) is 5.91 Å². The fourth-order valence-corrected chi connectivity index (χ4v) is 3.11. The largest absolute Gasteiger partial charge is 0.378 e. The molecule has 130 valence electrons. The normalized spacial score (nSPS) is 14.2. The van der Waals surface area contributed by atoms with Crippen molar-refractivity contribution in [3.05, 3.63) is 64.1 Å². The SMILES string of the molecule is O=C(Nc1ccc(CC(=O)N2CCOCC2)cc1)c1ccccc1Br. The Kier molecular flexibility index (Phi) is 5.83. The molecule has 0 atom stereocenters. The molecule has 5 nitrogen and oxygen atoms in total. The van der Waals surface area contributed by atoms with E-state index < -0.39 is 0 Å². The van der Waals surface area contributed by atoms with Gasteiger partial charge >= 0.3 is 0 Å². The van der Waals surface area contributed by atoms with E-state index in [2.05, 4.69) is 21.2 Å². The molecule has 6 heteroatoms. The van der Waals surface area contributed by atoms with Gasteiger partial charge < -0.3 is 15.0 Å². The summed E-state index contributed by atoms with van der Waals surface area (Å²) in [5.41, 5.74) is 2.20. The summed E-state index contributed by atoms with van der Waals surface area (Å²) >= 11 is 3.37. The molecule has 2 aromatic carbocycles. The minimum Gasteiger partial charge on any atom is -0.378 e. The first-order chi connectivity index (χ1) is 12.1. The Morgan fingerprint density at radius 1 is 1.04 bits per heavy atom. The van der Waals surface area contributed by atoms with Gasteiger partial charge in [0.05, 0.1) is 25.2 Å². The Balaban J connectivity index is 1.59. The summed E-state index contributed by atoms with van der Waals surface area (Å²) in [5.74, 6) is -0.0714. The third kappa shape index (κ3) is 4.67. The maximum Gasteiger partial charge on any atom is 0.256 e. The molecule has 0 unspecified atom stereocenters. The fourth-order valence-electron chi connectivity index (χ4n) is 2.65. The van der Waals surface area contributed by atoms with Crippen molar-refractivity contribution in [2.24, 2.45) is 0 Å². The molecule has 2 aromatic rings. The van der Waals surface area contributed by atoms with Crippen molar-refractivity contribution in [1.29, 1.82) is 0 Å². The highest BCUT2D eigenvalue weighted by Crippen LogP contribution is 2.18. The van der Waals surface area contributed by atoms with E-state index >= 15 is 0 Å². The first-order valence-corrected chi connectivity index (χ1v) is 8.93. The second-order valence-corrected chi connectivity index (χ2v) is 6.66. The zero-order valence-electron chi connectivity index (χ0n) is 13.7. The number of hydrogen-bond donors (Lipinski definition) is 1.